The number of carbonyl (C=O) groups is 2. The van der Waals surface area contributed by atoms with Gasteiger partial charge in [-0.1, -0.05) is 153 Å². The van der Waals surface area contributed by atoms with Gasteiger partial charge in [-0.2, -0.15) is 0 Å². The van der Waals surface area contributed by atoms with Crippen LogP contribution in [-0.2, 0) is 37.4 Å². The highest BCUT2D eigenvalue weighted by Gasteiger charge is 2.36. The van der Waals surface area contributed by atoms with Crippen molar-refractivity contribution >= 4 is 19.8 Å². The third-order valence-corrected chi connectivity index (χ3v) is 11.0. The number of quaternary nitrogens is 1. The standard InChI is InChI=1S/C46H84NO9P/c1-6-8-10-12-14-16-17-18-19-20-21-23-25-27-32-36-45(48)52-40-42(41-54-57(50,51)53-39-38-47(3,4)5)55-46(49)37-33-29-28-31-35-44-43(56-44)34-30-26-24-22-15-13-11-9-7-2/h15,22,26,28,30-31,42-44H,6-14,16-21,23-25,27,29,32-41H2,1-5H3/b22-15-,30-26-,31-28-/t42-,43?,44?/m1/s1. The second-order valence-corrected chi connectivity index (χ2v) is 18.2. The normalized spacial score (nSPS) is 17.4. The van der Waals surface area contributed by atoms with Crippen molar-refractivity contribution in [2.45, 2.75) is 199 Å². The van der Waals surface area contributed by atoms with Gasteiger partial charge in [0.25, 0.3) is 7.82 Å². The van der Waals surface area contributed by atoms with Crippen LogP contribution in [0.25, 0.3) is 0 Å². The van der Waals surface area contributed by atoms with Crippen LogP contribution in [0.2, 0.25) is 0 Å². The number of phosphoric acid groups is 1. The molecule has 57 heavy (non-hydrogen) atoms. The molecule has 11 heteroatoms. The Bertz CT molecular complexity index is 1140. The molecule has 0 aliphatic carbocycles. The van der Waals surface area contributed by atoms with E-state index in [1.807, 2.05) is 27.2 Å². The molecule has 3 unspecified atom stereocenters. The molecule has 0 bridgehead atoms. The monoisotopic (exact) mass is 826 g/mol. The number of carbonyl (C=O) groups excluding carboxylic acids is 2. The molecule has 0 spiro atoms. The van der Waals surface area contributed by atoms with Crippen molar-refractivity contribution in [3.8, 4) is 0 Å². The lowest BCUT2D eigenvalue weighted by atomic mass is 10.0. The van der Waals surface area contributed by atoms with Crippen molar-refractivity contribution in [1.29, 1.82) is 0 Å². The van der Waals surface area contributed by atoms with E-state index in [4.69, 9.17) is 23.3 Å². The molecule has 0 aromatic carbocycles. The van der Waals surface area contributed by atoms with Crippen molar-refractivity contribution in [2.75, 3.05) is 47.5 Å². The van der Waals surface area contributed by atoms with E-state index in [9.17, 15) is 19.0 Å². The number of nitrogens with zero attached hydrogens (tertiary/aromatic N) is 1. The number of phosphoric ester groups is 1. The second kappa shape index (κ2) is 35.0. The maximum atomic E-state index is 12.7. The van der Waals surface area contributed by atoms with Crippen molar-refractivity contribution < 1.29 is 46.8 Å². The molecule has 0 saturated carbocycles. The Hall–Kier alpha value is -1.81. The average molecular weight is 826 g/mol. The number of epoxide rings is 1. The molecule has 1 heterocycles. The molecule has 4 atom stereocenters. The third kappa shape index (κ3) is 35.8. The number of allylic oxidation sites excluding steroid dienone is 4. The maximum Gasteiger partial charge on any atom is 0.306 e. The van der Waals surface area contributed by atoms with Crippen molar-refractivity contribution in [3.63, 3.8) is 0 Å². The molecule has 1 rings (SSSR count). The van der Waals surface area contributed by atoms with Crippen LogP contribution in [0.5, 0.6) is 0 Å². The molecule has 1 aliphatic heterocycles. The summed E-state index contributed by atoms with van der Waals surface area (Å²) in [6, 6.07) is 0. The van der Waals surface area contributed by atoms with Crippen LogP contribution in [0.1, 0.15) is 181 Å². The zero-order valence-electron chi connectivity index (χ0n) is 37.0. The van der Waals surface area contributed by atoms with Crippen LogP contribution in [0.15, 0.2) is 36.5 Å². The van der Waals surface area contributed by atoms with Gasteiger partial charge in [0.1, 0.15) is 19.8 Å². The van der Waals surface area contributed by atoms with Gasteiger partial charge in [-0.05, 0) is 51.4 Å². The number of ether oxygens (including phenoxy) is 3. The van der Waals surface area contributed by atoms with Crippen LogP contribution < -0.4 is 4.89 Å². The summed E-state index contributed by atoms with van der Waals surface area (Å²) in [7, 11) is 1.12. The summed E-state index contributed by atoms with van der Waals surface area (Å²) in [5.74, 6) is -0.904. The first-order chi connectivity index (χ1) is 27.5. The second-order valence-electron chi connectivity index (χ2n) is 16.8. The lowest BCUT2D eigenvalue weighted by Crippen LogP contribution is -2.37. The maximum absolute atomic E-state index is 12.7. The zero-order valence-corrected chi connectivity index (χ0v) is 37.9. The molecule has 332 valence electrons. The lowest BCUT2D eigenvalue weighted by Gasteiger charge is -2.28. The minimum Gasteiger partial charge on any atom is -0.756 e. The molecule has 0 aromatic heterocycles. The molecule has 0 aromatic rings. The molecule has 1 aliphatic rings. The minimum atomic E-state index is -4.64. The Labute approximate surface area is 348 Å². The van der Waals surface area contributed by atoms with E-state index in [0.717, 1.165) is 44.9 Å². The van der Waals surface area contributed by atoms with Gasteiger partial charge in [-0.25, -0.2) is 0 Å². The smallest absolute Gasteiger partial charge is 0.306 e. The van der Waals surface area contributed by atoms with Crippen molar-refractivity contribution in [3.05, 3.63) is 36.5 Å². The predicted octanol–water partition coefficient (Wildman–Crippen LogP) is 11.3. The van der Waals surface area contributed by atoms with Gasteiger partial charge in [0.05, 0.1) is 40.0 Å². The van der Waals surface area contributed by atoms with Crippen LogP contribution in [0, 0.1) is 0 Å². The van der Waals surface area contributed by atoms with E-state index >= 15 is 0 Å². The van der Waals surface area contributed by atoms with E-state index < -0.39 is 32.5 Å². The lowest BCUT2D eigenvalue weighted by molar-refractivity contribution is -0.870. The topological polar surface area (TPSA) is 124 Å². The summed E-state index contributed by atoms with van der Waals surface area (Å²) in [5.41, 5.74) is 0. The van der Waals surface area contributed by atoms with Crippen LogP contribution in [-0.4, -0.2) is 82.2 Å². The summed E-state index contributed by atoms with van der Waals surface area (Å²) in [6.45, 7) is 4.13. The van der Waals surface area contributed by atoms with Gasteiger partial charge in [0, 0.05) is 12.8 Å². The molecule has 0 radical (unpaired) electrons. The number of esters is 2. The van der Waals surface area contributed by atoms with E-state index in [-0.39, 0.29) is 38.3 Å². The highest BCUT2D eigenvalue weighted by Crippen LogP contribution is 2.38. The number of hydrogen-bond donors (Lipinski definition) is 0. The van der Waals surface area contributed by atoms with Crippen LogP contribution in [0.3, 0.4) is 0 Å². The van der Waals surface area contributed by atoms with Crippen LogP contribution in [0.4, 0.5) is 0 Å². The highest BCUT2D eigenvalue weighted by molar-refractivity contribution is 7.45. The quantitative estimate of drug-likeness (QED) is 0.0148. The fourth-order valence-electron chi connectivity index (χ4n) is 6.34. The van der Waals surface area contributed by atoms with Gasteiger partial charge in [-0.15, -0.1) is 0 Å². The van der Waals surface area contributed by atoms with E-state index in [1.54, 1.807) is 0 Å². The molecular weight excluding hydrogens is 741 g/mol. The largest absolute Gasteiger partial charge is 0.756 e. The SMILES string of the molecule is CCCCC/C=C\C/C=C\CC1OC1C/C=C\CCCC(=O)O[C@H](COC(=O)CCCCCCCCCCCCCCCCC)COP(=O)([O-])OCC[N+](C)(C)C. The average Bonchev–Trinajstić information content (AvgIpc) is 3.92. The van der Waals surface area contributed by atoms with Gasteiger partial charge < -0.3 is 32.6 Å². The molecule has 10 nitrogen and oxygen atoms in total. The highest BCUT2D eigenvalue weighted by atomic mass is 31.2. The third-order valence-electron chi connectivity index (χ3n) is 10.1. The first-order valence-corrected chi connectivity index (χ1v) is 24.3. The molecular formula is C46H84NO9P. The summed E-state index contributed by atoms with van der Waals surface area (Å²) in [4.78, 5) is 37.6. The minimum absolute atomic E-state index is 0.0435. The Morgan fingerprint density at radius 1 is 0.632 bits per heavy atom. The van der Waals surface area contributed by atoms with E-state index in [0.29, 0.717) is 23.9 Å². The summed E-state index contributed by atoms with van der Waals surface area (Å²) < 4.78 is 39.7. The first kappa shape index (κ1) is 53.2. The van der Waals surface area contributed by atoms with Gasteiger partial charge in [-0.3, -0.25) is 14.2 Å². The van der Waals surface area contributed by atoms with Crippen LogP contribution >= 0.6 is 7.82 Å². The zero-order chi connectivity index (χ0) is 41.9. The Balaban J connectivity index is 2.32. The van der Waals surface area contributed by atoms with Gasteiger partial charge >= 0.3 is 11.9 Å². The van der Waals surface area contributed by atoms with Crippen molar-refractivity contribution in [1.82, 2.24) is 0 Å². The molecule has 1 saturated heterocycles. The van der Waals surface area contributed by atoms with Crippen molar-refractivity contribution in [2.24, 2.45) is 0 Å². The molecule has 0 amide bonds. The number of hydrogen-bond acceptors (Lipinski definition) is 9. The Morgan fingerprint density at radius 2 is 1.12 bits per heavy atom. The van der Waals surface area contributed by atoms with E-state index in [2.05, 4.69) is 44.2 Å². The fraction of sp³-hybridized carbons (Fsp3) is 0.826. The number of rotatable bonds is 40. The fourth-order valence-corrected chi connectivity index (χ4v) is 7.06. The number of unbranched alkanes of at least 4 members (excludes halogenated alkanes) is 18. The predicted molar refractivity (Wildman–Crippen MR) is 231 cm³/mol. The van der Waals surface area contributed by atoms with E-state index in [1.165, 1.54) is 96.3 Å². The summed E-state index contributed by atoms with van der Waals surface area (Å²) >= 11 is 0. The summed E-state index contributed by atoms with van der Waals surface area (Å²) in [6.07, 6.45) is 40.5. The number of likely N-dealkylation sites (N-methyl/N-ethyl adjacent to an activating group) is 1. The Morgan fingerprint density at radius 3 is 1.72 bits per heavy atom. The van der Waals surface area contributed by atoms with Gasteiger partial charge in [0.15, 0.2) is 6.10 Å². The Kier molecular flexibility index (Phi) is 32.7. The first-order valence-electron chi connectivity index (χ1n) is 22.8. The molecule has 1 fully saturated rings. The summed E-state index contributed by atoms with van der Waals surface area (Å²) in [5, 5.41) is 0. The van der Waals surface area contributed by atoms with Gasteiger partial charge in [0.2, 0.25) is 0 Å². The molecule has 0 N–H and O–H groups in total.